The molecule has 0 aliphatic rings. The van der Waals surface area contributed by atoms with Gasteiger partial charge in [-0.3, -0.25) is 0 Å². The van der Waals surface area contributed by atoms with Gasteiger partial charge in [0.25, 0.3) is 0 Å². The van der Waals surface area contributed by atoms with E-state index in [2.05, 4.69) is 0 Å². The molecule has 0 rings (SSSR count). The van der Waals surface area contributed by atoms with E-state index < -0.39 is 0 Å². The van der Waals surface area contributed by atoms with Gasteiger partial charge < -0.3 is 11.0 Å². The van der Waals surface area contributed by atoms with Crippen molar-refractivity contribution in [3.8, 4) is 0 Å². The molecule has 0 aliphatic carbocycles. The molecule has 0 amide bonds. The Bertz CT molecular complexity index is 4.00. The molecule has 20 valence electrons. The minimum absolute atomic E-state index is 0. The molecule has 0 aromatic carbocycles. The van der Waals surface area contributed by atoms with Gasteiger partial charge in [-0.1, -0.05) is 0 Å². The van der Waals surface area contributed by atoms with Crippen molar-refractivity contribution in [1.82, 2.24) is 0 Å². The van der Waals surface area contributed by atoms with Crippen LogP contribution in [0.4, 0.5) is 0 Å². The molecule has 2 nitrogen and oxygen atoms in total. The average molecular weight is 177 g/mol. The molecule has 0 spiro atoms. The Morgan fingerprint density at radius 2 is 0.750 bits per heavy atom. The van der Waals surface area contributed by atoms with Crippen molar-refractivity contribution in [1.29, 1.82) is 0 Å². The third-order valence-electron chi connectivity index (χ3n) is 0. The zero-order valence-electron chi connectivity index (χ0n) is 1.82. The van der Waals surface area contributed by atoms with Crippen LogP contribution >= 0.6 is 0 Å². The summed E-state index contributed by atoms with van der Waals surface area (Å²) < 4.78 is 0. The monoisotopic (exact) mass is 180 g/mol. The summed E-state index contributed by atoms with van der Waals surface area (Å²) in [7, 11) is 0. The van der Waals surface area contributed by atoms with Crippen LogP contribution in [0.15, 0.2) is 0 Å². The second kappa shape index (κ2) is 35.8. The fraction of sp³-hybridized carbons (Fsp3) is 0. The molecule has 4 heavy (non-hydrogen) atoms. The van der Waals surface area contributed by atoms with Crippen molar-refractivity contribution < 1.29 is 11.0 Å². The quantitative estimate of drug-likeness (QED) is 0.426. The van der Waals surface area contributed by atoms with Crippen molar-refractivity contribution in [2.75, 3.05) is 0 Å². The molecule has 0 aromatic rings. The predicted octanol–water partition coefficient (Wildman–Crippen LogP) is -0.999. The van der Waals surface area contributed by atoms with Crippen molar-refractivity contribution in [3.63, 3.8) is 0 Å². The van der Waals surface area contributed by atoms with E-state index in [1.807, 2.05) is 0 Å². The van der Waals surface area contributed by atoms with Crippen LogP contribution in [0.25, 0.3) is 0 Å². The number of rotatable bonds is 0. The van der Waals surface area contributed by atoms with Gasteiger partial charge in [0.1, 0.15) is 0 Å². The average Bonchev–Trinajstić information content (AvgIpc) is 0. The van der Waals surface area contributed by atoms with Crippen LogP contribution in [0.1, 0.15) is 0 Å². The first-order valence-corrected chi connectivity index (χ1v) is 0. The minimum Gasteiger partial charge on any atom is -2.00 e. The smallest absolute Gasteiger partial charge is 2.00 e. The molecule has 0 bridgehead atoms. The van der Waals surface area contributed by atoms with E-state index in [4.69, 9.17) is 0 Å². The molecule has 0 unspecified atom stereocenters. The molecule has 0 saturated heterocycles. The maximum absolute atomic E-state index is 0. The van der Waals surface area contributed by atoms with Gasteiger partial charge in [0.15, 0.2) is 0 Å². The van der Waals surface area contributed by atoms with E-state index in [1.165, 1.54) is 0 Å². The van der Waals surface area contributed by atoms with Gasteiger partial charge in [0.2, 0.25) is 0 Å². The third-order valence-corrected chi connectivity index (χ3v) is 0. The van der Waals surface area contributed by atoms with Crippen LogP contribution in [0.2, 0.25) is 0 Å². The van der Waals surface area contributed by atoms with Gasteiger partial charge in [-0.2, -0.15) is 0 Å². The Labute approximate surface area is 46.5 Å². The Morgan fingerprint density at radius 1 is 0.750 bits per heavy atom. The Hall–Kier alpha value is 1.01. The van der Waals surface area contributed by atoms with Crippen LogP contribution in [-0.2, 0) is 11.0 Å². The molecule has 0 aromatic heterocycles. The van der Waals surface area contributed by atoms with E-state index in [0.717, 1.165) is 0 Å². The molecule has 0 N–H and O–H groups in total. The second-order valence-electron chi connectivity index (χ2n) is 0. The van der Waals surface area contributed by atoms with E-state index in [9.17, 15) is 0 Å². The van der Waals surface area contributed by atoms with Gasteiger partial charge in [0.05, 0.1) is 0 Å². The van der Waals surface area contributed by atoms with Gasteiger partial charge in [-0.15, -0.1) is 0 Å². The first kappa shape index (κ1) is 79.4. The molecule has 0 heterocycles. The molecule has 0 atom stereocenters. The SMILES string of the molecule is [Ge+4].[Ge].[O-2].[O-2]. The van der Waals surface area contributed by atoms with Crippen molar-refractivity contribution in [2.24, 2.45) is 0 Å². The minimum atomic E-state index is 0. The number of hydrogen-bond acceptors (Lipinski definition) is 0. The Balaban J connectivity index is 0. The fourth-order valence-corrected chi connectivity index (χ4v) is 0. The van der Waals surface area contributed by atoms with E-state index in [-0.39, 0.29) is 46.1 Å². The van der Waals surface area contributed by atoms with Crippen LogP contribution in [0, 0.1) is 0 Å². The Morgan fingerprint density at radius 3 is 0.750 bits per heavy atom. The predicted molar refractivity (Wildman–Crippen MR) is 12.9 cm³/mol. The maximum Gasteiger partial charge on any atom is 4.00 e. The third kappa shape index (κ3) is 12.0. The van der Waals surface area contributed by atoms with Gasteiger partial charge >= 0.3 is 17.6 Å². The van der Waals surface area contributed by atoms with E-state index in [1.54, 1.807) is 0 Å². The zero-order valence-corrected chi connectivity index (χ0v) is 6.01. The van der Waals surface area contributed by atoms with Crippen molar-refractivity contribution in [3.05, 3.63) is 0 Å². The van der Waals surface area contributed by atoms with E-state index >= 15 is 0 Å². The standard InChI is InChI=1S/2Ge.2O/q;+4;2*-2. The summed E-state index contributed by atoms with van der Waals surface area (Å²) in [6.07, 6.45) is 0. The zero-order chi connectivity index (χ0) is 0. The normalized spacial score (nSPS) is 0. The number of hydrogen-bond donors (Lipinski definition) is 0. The van der Waals surface area contributed by atoms with Gasteiger partial charge in [-0.25, -0.2) is 0 Å². The van der Waals surface area contributed by atoms with Crippen LogP contribution < -0.4 is 0 Å². The van der Waals surface area contributed by atoms with E-state index in [0.29, 0.717) is 0 Å². The summed E-state index contributed by atoms with van der Waals surface area (Å²) in [5, 5.41) is 0. The fourth-order valence-electron chi connectivity index (χ4n) is 0. The first-order chi connectivity index (χ1) is 0. The Kier molecular flexibility index (Phi) is 710. The topological polar surface area (TPSA) is 57.0 Å². The summed E-state index contributed by atoms with van der Waals surface area (Å²) >= 11 is 0. The van der Waals surface area contributed by atoms with Crippen LogP contribution in [-0.4, -0.2) is 35.2 Å². The van der Waals surface area contributed by atoms with Crippen molar-refractivity contribution >= 4 is 35.2 Å². The molecule has 4 heteroatoms. The summed E-state index contributed by atoms with van der Waals surface area (Å²) in [4.78, 5) is 0. The molecular weight excluding hydrogens is 177 g/mol. The second-order valence-corrected chi connectivity index (χ2v) is 0. The van der Waals surface area contributed by atoms with Gasteiger partial charge in [0, 0.05) is 17.6 Å². The first-order valence-electron chi connectivity index (χ1n) is 0. The maximum atomic E-state index is 0. The molecule has 0 saturated carbocycles. The summed E-state index contributed by atoms with van der Waals surface area (Å²) in [6.45, 7) is 0. The summed E-state index contributed by atoms with van der Waals surface area (Å²) in [6, 6.07) is 0. The van der Waals surface area contributed by atoms with Crippen LogP contribution in [0.3, 0.4) is 0 Å². The largest absolute Gasteiger partial charge is 4.00 e. The molecule has 4 radical (unpaired) electrons. The molecular formula is Ge2O2. The molecule has 0 fully saturated rings. The summed E-state index contributed by atoms with van der Waals surface area (Å²) in [5.74, 6) is 0. The van der Waals surface area contributed by atoms with Crippen molar-refractivity contribution in [2.45, 2.75) is 0 Å². The van der Waals surface area contributed by atoms with Gasteiger partial charge in [-0.05, 0) is 0 Å². The molecule has 0 aliphatic heterocycles. The summed E-state index contributed by atoms with van der Waals surface area (Å²) in [5.41, 5.74) is 0. The van der Waals surface area contributed by atoms with Crippen LogP contribution in [0.5, 0.6) is 0 Å².